The fourth-order valence-corrected chi connectivity index (χ4v) is 2.08. The van der Waals surface area contributed by atoms with Crippen LogP contribution in [0.15, 0.2) is 24.3 Å². The van der Waals surface area contributed by atoms with E-state index in [0.717, 1.165) is 18.2 Å². The molecular weight excluding hydrogens is 224 g/mol. The smallest absolute Gasteiger partial charge is 0.119 e. The topological polar surface area (TPSA) is 47.3 Å². The van der Waals surface area contributed by atoms with Crippen LogP contribution in [0, 0.1) is 5.92 Å². The van der Waals surface area contributed by atoms with Crippen LogP contribution in [0.3, 0.4) is 0 Å². The normalized spacial score (nSPS) is 12.7. The average molecular weight is 250 g/mol. The number of ether oxygens (including phenoxy) is 1. The van der Waals surface area contributed by atoms with E-state index in [-0.39, 0.29) is 6.04 Å². The Labute approximate surface area is 111 Å². The van der Waals surface area contributed by atoms with E-state index in [1.807, 2.05) is 12.1 Å². The third kappa shape index (κ3) is 4.31. The van der Waals surface area contributed by atoms with E-state index in [4.69, 9.17) is 10.5 Å². The fourth-order valence-electron chi connectivity index (χ4n) is 2.08. The zero-order valence-corrected chi connectivity index (χ0v) is 11.8. The van der Waals surface area contributed by atoms with E-state index in [0.29, 0.717) is 6.54 Å². The molecule has 0 saturated carbocycles. The van der Waals surface area contributed by atoms with E-state index in [9.17, 15) is 0 Å². The summed E-state index contributed by atoms with van der Waals surface area (Å²) in [6.45, 7) is 6.09. The molecule has 1 aromatic rings. The van der Waals surface area contributed by atoms with Gasteiger partial charge in [0, 0.05) is 12.6 Å². The summed E-state index contributed by atoms with van der Waals surface area (Å²) in [7, 11) is 1.69. The van der Waals surface area contributed by atoms with E-state index in [1.165, 1.54) is 18.4 Å². The third-order valence-electron chi connectivity index (χ3n) is 3.54. The Morgan fingerprint density at radius 1 is 1.28 bits per heavy atom. The maximum atomic E-state index is 5.86. The maximum absolute atomic E-state index is 5.86. The van der Waals surface area contributed by atoms with Gasteiger partial charge in [-0.2, -0.15) is 0 Å². The lowest BCUT2D eigenvalue weighted by molar-refractivity contribution is 0.405. The van der Waals surface area contributed by atoms with Gasteiger partial charge in [0.15, 0.2) is 0 Å². The molecule has 0 bridgehead atoms. The van der Waals surface area contributed by atoms with Crippen molar-refractivity contribution in [1.29, 1.82) is 0 Å². The average Bonchev–Trinajstić information content (AvgIpc) is 2.44. The van der Waals surface area contributed by atoms with Crippen LogP contribution in [0.25, 0.3) is 0 Å². The molecule has 0 aromatic heterocycles. The molecule has 102 valence electrons. The second kappa shape index (κ2) is 8.11. The number of nitrogens with two attached hydrogens (primary N) is 1. The van der Waals surface area contributed by atoms with Gasteiger partial charge in [-0.25, -0.2) is 0 Å². The maximum Gasteiger partial charge on any atom is 0.119 e. The first kappa shape index (κ1) is 15.0. The fraction of sp³-hybridized carbons (Fsp3) is 0.600. The van der Waals surface area contributed by atoms with Gasteiger partial charge in [0.1, 0.15) is 5.75 Å². The highest BCUT2D eigenvalue weighted by atomic mass is 16.5. The number of hydrogen-bond donors (Lipinski definition) is 2. The van der Waals surface area contributed by atoms with Crippen molar-refractivity contribution in [2.45, 2.75) is 32.7 Å². The summed E-state index contributed by atoms with van der Waals surface area (Å²) in [4.78, 5) is 0. The molecule has 3 heteroatoms. The first-order valence-corrected chi connectivity index (χ1v) is 6.82. The molecule has 0 fully saturated rings. The second-order valence-electron chi connectivity index (χ2n) is 4.66. The van der Waals surface area contributed by atoms with E-state index >= 15 is 0 Å². The van der Waals surface area contributed by atoms with Crippen LogP contribution in [0.5, 0.6) is 5.75 Å². The molecule has 0 heterocycles. The lowest BCUT2D eigenvalue weighted by Gasteiger charge is -2.21. The van der Waals surface area contributed by atoms with Crippen LogP contribution in [-0.4, -0.2) is 20.2 Å². The lowest BCUT2D eigenvalue weighted by atomic mass is 10.0. The first-order chi connectivity index (χ1) is 8.74. The monoisotopic (exact) mass is 250 g/mol. The van der Waals surface area contributed by atoms with Crippen molar-refractivity contribution in [1.82, 2.24) is 5.32 Å². The number of benzene rings is 1. The number of methoxy groups -OCH3 is 1. The highest BCUT2D eigenvalue weighted by molar-refractivity contribution is 5.30. The van der Waals surface area contributed by atoms with Crippen LogP contribution >= 0.6 is 0 Å². The van der Waals surface area contributed by atoms with Gasteiger partial charge in [0.25, 0.3) is 0 Å². The van der Waals surface area contributed by atoms with E-state index < -0.39 is 0 Å². The molecule has 0 spiro atoms. The Hall–Kier alpha value is -1.06. The van der Waals surface area contributed by atoms with Gasteiger partial charge in [0.2, 0.25) is 0 Å². The molecule has 1 atom stereocenters. The molecule has 18 heavy (non-hydrogen) atoms. The zero-order valence-electron chi connectivity index (χ0n) is 11.8. The minimum Gasteiger partial charge on any atom is -0.497 e. The molecular formula is C15H26N2O. The van der Waals surface area contributed by atoms with Crippen molar-refractivity contribution >= 4 is 0 Å². The molecule has 1 aromatic carbocycles. The van der Waals surface area contributed by atoms with Crippen molar-refractivity contribution in [3.8, 4) is 5.75 Å². The van der Waals surface area contributed by atoms with Crippen molar-refractivity contribution < 1.29 is 4.74 Å². The zero-order chi connectivity index (χ0) is 13.4. The molecule has 0 aliphatic heterocycles. The van der Waals surface area contributed by atoms with Crippen LogP contribution in [-0.2, 0) is 0 Å². The third-order valence-corrected chi connectivity index (χ3v) is 3.54. The standard InChI is InChI=1S/C15H26N2O/c1-4-12(5-2)11-17-15(10-16)13-7-6-8-14(9-13)18-3/h6-9,12,15,17H,4-5,10-11,16H2,1-3H3. The van der Waals surface area contributed by atoms with E-state index in [2.05, 4.69) is 31.3 Å². The molecule has 0 saturated heterocycles. The number of rotatable bonds is 8. The minimum absolute atomic E-state index is 0.209. The summed E-state index contributed by atoms with van der Waals surface area (Å²) < 4.78 is 5.25. The Morgan fingerprint density at radius 2 is 2.00 bits per heavy atom. The predicted molar refractivity (Wildman–Crippen MR) is 76.9 cm³/mol. The number of nitrogens with one attached hydrogen (secondary N) is 1. The lowest BCUT2D eigenvalue weighted by Crippen LogP contribution is -2.32. The minimum atomic E-state index is 0.209. The summed E-state index contributed by atoms with van der Waals surface area (Å²) in [6.07, 6.45) is 2.41. The molecule has 0 aliphatic rings. The quantitative estimate of drug-likeness (QED) is 0.746. The first-order valence-electron chi connectivity index (χ1n) is 6.82. The summed E-state index contributed by atoms with van der Waals surface area (Å²) in [5, 5.41) is 3.56. The number of hydrogen-bond acceptors (Lipinski definition) is 3. The van der Waals surface area contributed by atoms with E-state index in [1.54, 1.807) is 7.11 Å². The molecule has 0 aliphatic carbocycles. The molecule has 0 radical (unpaired) electrons. The SMILES string of the molecule is CCC(CC)CNC(CN)c1cccc(OC)c1. The van der Waals surface area contributed by atoms with Gasteiger partial charge < -0.3 is 15.8 Å². The summed E-state index contributed by atoms with van der Waals surface area (Å²) >= 11 is 0. The largest absolute Gasteiger partial charge is 0.497 e. The summed E-state index contributed by atoms with van der Waals surface area (Å²) in [6, 6.07) is 8.33. The van der Waals surface area contributed by atoms with Gasteiger partial charge in [-0.1, -0.05) is 38.8 Å². The molecule has 3 N–H and O–H groups in total. The Morgan fingerprint density at radius 3 is 2.56 bits per heavy atom. The Balaban J connectivity index is 2.64. The van der Waals surface area contributed by atoms with Gasteiger partial charge in [-0.05, 0) is 30.2 Å². The van der Waals surface area contributed by atoms with Gasteiger partial charge in [-0.3, -0.25) is 0 Å². The van der Waals surface area contributed by atoms with Crippen molar-refractivity contribution in [3.63, 3.8) is 0 Å². The van der Waals surface area contributed by atoms with Crippen LogP contribution in [0.1, 0.15) is 38.3 Å². The Bertz CT molecular complexity index is 337. The van der Waals surface area contributed by atoms with Crippen LogP contribution < -0.4 is 15.8 Å². The van der Waals surface area contributed by atoms with Crippen LogP contribution in [0.2, 0.25) is 0 Å². The molecule has 1 unspecified atom stereocenters. The molecule has 1 rings (SSSR count). The molecule has 3 nitrogen and oxygen atoms in total. The summed E-state index contributed by atoms with van der Waals surface area (Å²) in [5.41, 5.74) is 7.06. The van der Waals surface area contributed by atoms with Gasteiger partial charge >= 0.3 is 0 Å². The van der Waals surface area contributed by atoms with Gasteiger partial charge in [-0.15, -0.1) is 0 Å². The van der Waals surface area contributed by atoms with Crippen molar-refractivity contribution in [2.24, 2.45) is 11.7 Å². The van der Waals surface area contributed by atoms with Crippen LogP contribution in [0.4, 0.5) is 0 Å². The second-order valence-corrected chi connectivity index (χ2v) is 4.66. The predicted octanol–water partition coefficient (Wildman–Crippen LogP) is 2.72. The highest BCUT2D eigenvalue weighted by Gasteiger charge is 2.12. The highest BCUT2D eigenvalue weighted by Crippen LogP contribution is 2.19. The van der Waals surface area contributed by atoms with Crippen molar-refractivity contribution in [3.05, 3.63) is 29.8 Å². The molecule has 0 amide bonds. The Kier molecular flexibility index (Phi) is 6.76. The summed E-state index contributed by atoms with van der Waals surface area (Å²) in [5.74, 6) is 1.61. The van der Waals surface area contributed by atoms with Crippen molar-refractivity contribution in [2.75, 3.05) is 20.2 Å². The van der Waals surface area contributed by atoms with Gasteiger partial charge in [0.05, 0.1) is 7.11 Å².